The topological polar surface area (TPSA) is 80.3 Å². The summed E-state index contributed by atoms with van der Waals surface area (Å²) in [6.45, 7) is 2.70. The third kappa shape index (κ3) is 5.47. The molecule has 1 N–H and O–H groups in total. The van der Waals surface area contributed by atoms with Crippen molar-refractivity contribution < 1.29 is 43.2 Å². The number of halogens is 7. The van der Waals surface area contributed by atoms with Crippen LogP contribution in [-0.2, 0) is 32.2 Å². The van der Waals surface area contributed by atoms with Gasteiger partial charge in [0.15, 0.2) is 9.84 Å². The van der Waals surface area contributed by atoms with E-state index in [9.17, 15) is 43.2 Å². The van der Waals surface area contributed by atoms with Crippen molar-refractivity contribution in [2.75, 3.05) is 0 Å². The van der Waals surface area contributed by atoms with E-state index >= 15 is 0 Å². The number of hydrogen-bond acceptors (Lipinski definition) is 4. The van der Waals surface area contributed by atoms with Crippen LogP contribution in [0.25, 0.3) is 0 Å². The predicted octanol–water partition coefficient (Wildman–Crippen LogP) is 5.69. The van der Waals surface area contributed by atoms with E-state index < -0.39 is 74.9 Å². The fourth-order valence-corrected chi connectivity index (χ4v) is 7.41. The van der Waals surface area contributed by atoms with Gasteiger partial charge >= 0.3 is 12.4 Å². The van der Waals surface area contributed by atoms with E-state index in [1.54, 1.807) is 0 Å². The minimum Gasteiger partial charge on any atom is -0.223 e. The molecule has 1 aliphatic carbocycles. The van der Waals surface area contributed by atoms with E-state index in [0.29, 0.717) is 18.2 Å². The van der Waals surface area contributed by atoms with Crippen LogP contribution in [0.15, 0.2) is 52.3 Å². The average molecular weight is 564 g/mol. The molecular formula is C21H20ClF6NO4S2. The van der Waals surface area contributed by atoms with E-state index in [4.69, 9.17) is 11.6 Å². The van der Waals surface area contributed by atoms with E-state index in [1.807, 2.05) is 0 Å². The van der Waals surface area contributed by atoms with Gasteiger partial charge in [-0.05, 0) is 69.0 Å². The van der Waals surface area contributed by atoms with Crippen LogP contribution in [0.1, 0.15) is 37.8 Å². The van der Waals surface area contributed by atoms with Crippen LogP contribution in [0.2, 0.25) is 5.02 Å². The summed E-state index contributed by atoms with van der Waals surface area (Å²) in [6.07, 6.45) is -9.35. The Morgan fingerprint density at radius 3 is 1.91 bits per heavy atom. The summed E-state index contributed by atoms with van der Waals surface area (Å²) in [4.78, 5) is -1.07. The number of hydrogen-bond donors (Lipinski definition) is 1. The first-order chi connectivity index (χ1) is 15.8. The number of alkyl halides is 6. The Hall–Kier alpha value is -1.83. The molecule has 0 spiro atoms. The first-order valence-corrected chi connectivity index (χ1v) is 13.4. The quantitative estimate of drug-likeness (QED) is 0.458. The molecule has 0 radical (unpaired) electrons. The summed E-state index contributed by atoms with van der Waals surface area (Å²) in [5.74, 6) is -0.599. The van der Waals surface area contributed by atoms with Crippen molar-refractivity contribution in [3.05, 3.63) is 58.6 Å². The van der Waals surface area contributed by atoms with Crippen LogP contribution < -0.4 is 4.72 Å². The summed E-state index contributed by atoms with van der Waals surface area (Å²) < 4.78 is 130. The normalized spacial score (nSPS) is 19.9. The number of rotatable bonds is 6. The Labute approximate surface area is 203 Å². The van der Waals surface area contributed by atoms with Gasteiger partial charge in [-0.2, -0.15) is 26.3 Å². The predicted molar refractivity (Wildman–Crippen MR) is 116 cm³/mol. The molecule has 0 unspecified atom stereocenters. The Kier molecular flexibility index (Phi) is 7.08. The molecule has 5 nitrogen and oxygen atoms in total. The highest BCUT2D eigenvalue weighted by molar-refractivity contribution is 7.92. The SMILES string of the molecule is CC(C)([C@H]1C[C@@H](NS(=O)(=O)c2ccc(C(F)(F)F)cc2Cl)C1)S(=O)(=O)c1cccc(C(F)(F)F)c1. The maximum Gasteiger partial charge on any atom is 0.416 e. The highest BCUT2D eigenvalue weighted by atomic mass is 35.5. The third-order valence-electron chi connectivity index (χ3n) is 6.16. The first kappa shape index (κ1) is 27.8. The number of sulfonamides is 1. The molecule has 1 saturated carbocycles. The Balaban J connectivity index is 1.75. The van der Waals surface area contributed by atoms with E-state index in [2.05, 4.69) is 4.72 Å². The van der Waals surface area contributed by atoms with Crippen LogP contribution in [0.4, 0.5) is 26.3 Å². The third-order valence-corrected chi connectivity index (χ3v) is 10.8. The van der Waals surface area contributed by atoms with Gasteiger partial charge in [0.1, 0.15) is 4.90 Å². The molecule has 2 aromatic carbocycles. The van der Waals surface area contributed by atoms with Gasteiger partial charge in [-0.3, -0.25) is 0 Å². The van der Waals surface area contributed by atoms with E-state index in [0.717, 1.165) is 24.3 Å². The second-order valence-corrected chi connectivity index (χ2v) is 13.4. The van der Waals surface area contributed by atoms with Crippen LogP contribution in [-0.4, -0.2) is 27.6 Å². The maximum atomic E-state index is 13.1. The van der Waals surface area contributed by atoms with Crippen LogP contribution >= 0.6 is 11.6 Å². The fraction of sp³-hybridized carbons (Fsp3) is 0.429. The Morgan fingerprint density at radius 1 is 0.857 bits per heavy atom. The largest absolute Gasteiger partial charge is 0.416 e. The number of benzene rings is 2. The minimum atomic E-state index is -4.73. The molecule has 0 bridgehead atoms. The lowest BCUT2D eigenvalue weighted by Gasteiger charge is -2.44. The first-order valence-electron chi connectivity index (χ1n) is 10.1. The maximum absolute atomic E-state index is 13.1. The molecule has 0 saturated heterocycles. The van der Waals surface area contributed by atoms with Gasteiger partial charge in [0, 0.05) is 6.04 Å². The summed E-state index contributed by atoms with van der Waals surface area (Å²) in [5.41, 5.74) is -2.23. The van der Waals surface area contributed by atoms with Crippen molar-refractivity contribution in [2.45, 2.75) is 59.6 Å². The Morgan fingerprint density at radius 2 is 1.40 bits per heavy atom. The lowest BCUT2D eigenvalue weighted by atomic mass is 9.73. The number of sulfone groups is 1. The molecule has 2 aromatic rings. The summed E-state index contributed by atoms with van der Waals surface area (Å²) in [6, 6.07) is 4.44. The molecule has 3 rings (SSSR count). The molecule has 0 aromatic heterocycles. The van der Waals surface area contributed by atoms with Crippen molar-refractivity contribution in [1.29, 1.82) is 0 Å². The lowest BCUT2D eigenvalue weighted by molar-refractivity contribution is -0.138. The Bertz CT molecular complexity index is 1330. The monoisotopic (exact) mass is 563 g/mol. The van der Waals surface area contributed by atoms with Crippen molar-refractivity contribution in [1.82, 2.24) is 4.72 Å². The minimum absolute atomic E-state index is 0.0443. The van der Waals surface area contributed by atoms with Crippen molar-refractivity contribution in [2.24, 2.45) is 5.92 Å². The fourth-order valence-electron chi connectivity index (χ4n) is 3.82. The van der Waals surface area contributed by atoms with E-state index in [1.165, 1.54) is 13.8 Å². The van der Waals surface area contributed by atoms with Crippen LogP contribution in [0.5, 0.6) is 0 Å². The van der Waals surface area contributed by atoms with E-state index in [-0.39, 0.29) is 12.8 Å². The molecule has 35 heavy (non-hydrogen) atoms. The molecule has 0 aliphatic heterocycles. The second-order valence-electron chi connectivity index (χ2n) is 8.76. The van der Waals surface area contributed by atoms with Gasteiger partial charge < -0.3 is 0 Å². The zero-order valence-corrected chi connectivity index (χ0v) is 20.6. The van der Waals surface area contributed by atoms with Gasteiger partial charge in [0.05, 0.1) is 25.8 Å². The lowest BCUT2D eigenvalue weighted by Crippen LogP contribution is -2.53. The molecular weight excluding hydrogens is 544 g/mol. The van der Waals surface area contributed by atoms with Gasteiger partial charge in [0.25, 0.3) is 0 Å². The van der Waals surface area contributed by atoms with Gasteiger partial charge in [-0.1, -0.05) is 17.7 Å². The molecule has 0 heterocycles. The highest BCUT2D eigenvalue weighted by Crippen LogP contribution is 2.44. The molecule has 0 amide bonds. The standard InChI is InChI=1S/C21H20ClF6NO4S2/c1-19(2,34(30,31)16-5-3-4-12(10-16)20(23,24)25)14-8-15(9-14)29-35(32,33)18-7-6-13(11-17(18)22)21(26,27)28/h3-7,10-11,14-15,29H,8-9H2,1-2H3/t14-,15+. The smallest absolute Gasteiger partial charge is 0.223 e. The van der Waals surface area contributed by atoms with Crippen molar-refractivity contribution in [3.8, 4) is 0 Å². The van der Waals surface area contributed by atoms with Gasteiger partial charge in [-0.25, -0.2) is 21.6 Å². The molecule has 14 heteroatoms. The summed E-state index contributed by atoms with van der Waals surface area (Å²) in [5, 5.41) is -0.629. The van der Waals surface area contributed by atoms with Crippen molar-refractivity contribution in [3.63, 3.8) is 0 Å². The second kappa shape index (κ2) is 8.93. The summed E-state index contributed by atoms with van der Waals surface area (Å²) in [7, 11) is -8.55. The van der Waals surface area contributed by atoms with Gasteiger partial charge in [-0.15, -0.1) is 0 Å². The molecule has 0 atom stereocenters. The van der Waals surface area contributed by atoms with Crippen molar-refractivity contribution >= 4 is 31.5 Å². The van der Waals surface area contributed by atoms with Crippen LogP contribution in [0.3, 0.4) is 0 Å². The molecule has 1 fully saturated rings. The number of nitrogens with one attached hydrogen (secondary N) is 1. The zero-order valence-electron chi connectivity index (χ0n) is 18.2. The summed E-state index contributed by atoms with van der Waals surface area (Å²) >= 11 is 5.76. The average Bonchev–Trinajstić information content (AvgIpc) is 2.68. The highest BCUT2D eigenvalue weighted by Gasteiger charge is 2.49. The molecule has 1 aliphatic rings. The van der Waals surface area contributed by atoms with Crippen LogP contribution in [0, 0.1) is 5.92 Å². The molecule has 194 valence electrons. The zero-order chi connectivity index (χ0) is 26.6. The van der Waals surface area contributed by atoms with Gasteiger partial charge in [0.2, 0.25) is 10.0 Å².